The van der Waals surface area contributed by atoms with Crippen LogP contribution in [0.3, 0.4) is 0 Å². The first-order valence-corrected chi connectivity index (χ1v) is 9.57. The molecule has 2 aromatic rings. The lowest BCUT2D eigenvalue weighted by molar-refractivity contribution is -0.121. The Morgan fingerprint density at radius 3 is 2.62 bits per heavy atom. The van der Waals surface area contributed by atoms with Crippen molar-refractivity contribution in [3.05, 3.63) is 65.5 Å². The van der Waals surface area contributed by atoms with Gasteiger partial charge in [0.05, 0.1) is 4.90 Å². The summed E-state index contributed by atoms with van der Waals surface area (Å²) in [5.74, 6) is -0.452. The molecule has 26 heavy (non-hydrogen) atoms. The lowest BCUT2D eigenvalue weighted by Gasteiger charge is -2.10. The average Bonchev–Trinajstić information content (AvgIpc) is 2.87. The van der Waals surface area contributed by atoms with Crippen molar-refractivity contribution < 1.29 is 17.6 Å². The van der Waals surface area contributed by atoms with Crippen LogP contribution in [0.2, 0.25) is 0 Å². The minimum atomic E-state index is -3.63. The van der Waals surface area contributed by atoms with E-state index < -0.39 is 16.1 Å². The van der Waals surface area contributed by atoms with Crippen molar-refractivity contribution in [1.82, 2.24) is 10.0 Å². The van der Waals surface area contributed by atoms with Gasteiger partial charge in [0.2, 0.25) is 5.91 Å². The molecule has 136 valence electrons. The number of fused-ring (bicyclic) bond motifs is 1. The molecule has 2 N–H and O–H groups in total. The summed E-state index contributed by atoms with van der Waals surface area (Å²) < 4.78 is 39.3. The summed E-state index contributed by atoms with van der Waals surface area (Å²) in [4.78, 5) is 16.6. The zero-order valence-electron chi connectivity index (χ0n) is 14.1. The second-order valence-corrected chi connectivity index (χ2v) is 7.57. The third-order valence-corrected chi connectivity index (χ3v) is 5.39. The summed E-state index contributed by atoms with van der Waals surface area (Å²) in [6.07, 6.45) is 0.560. The minimum absolute atomic E-state index is 0.155. The molecule has 1 heterocycles. The van der Waals surface area contributed by atoms with E-state index in [0.717, 1.165) is 5.56 Å². The van der Waals surface area contributed by atoms with Gasteiger partial charge < -0.3 is 5.32 Å². The van der Waals surface area contributed by atoms with Crippen molar-refractivity contribution in [2.45, 2.75) is 24.3 Å². The van der Waals surface area contributed by atoms with Crippen molar-refractivity contribution in [2.75, 3.05) is 6.54 Å². The smallest absolute Gasteiger partial charge is 0.263 e. The Morgan fingerprint density at radius 1 is 1.19 bits per heavy atom. The molecule has 1 aliphatic heterocycles. The summed E-state index contributed by atoms with van der Waals surface area (Å²) in [5.41, 5.74) is 1.36. The Balaban J connectivity index is 1.62. The van der Waals surface area contributed by atoms with E-state index in [-0.39, 0.29) is 22.5 Å². The summed E-state index contributed by atoms with van der Waals surface area (Å²) in [5, 5.41) is 2.75. The first-order valence-electron chi connectivity index (χ1n) is 8.09. The number of hydrogen-bond acceptors (Lipinski definition) is 4. The molecule has 1 amide bonds. The van der Waals surface area contributed by atoms with Crippen LogP contribution < -0.4 is 10.0 Å². The third kappa shape index (κ3) is 3.91. The van der Waals surface area contributed by atoms with E-state index in [9.17, 15) is 17.6 Å². The molecular weight excluding hydrogens is 357 g/mol. The molecule has 2 aromatic carbocycles. The van der Waals surface area contributed by atoms with Gasteiger partial charge in [0, 0.05) is 12.1 Å². The number of amidine groups is 1. The molecule has 0 spiro atoms. The average molecular weight is 375 g/mol. The molecule has 3 rings (SSSR count). The van der Waals surface area contributed by atoms with Crippen LogP contribution in [0.25, 0.3) is 0 Å². The largest absolute Gasteiger partial charge is 0.354 e. The molecule has 1 aliphatic rings. The van der Waals surface area contributed by atoms with Gasteiger partial charge >= 0.3 is 0 Å². The van der Waals surface area contributed by atoms with Crippen molar-refractivity contribution in [3.8, 4) is 0 Å². The highest BCUT2D eigenvalue weighted by Gasteiger charge is 2.31. The number of carbonyl (C=O) groups is 1. The maximum Gasteiger partial charge on any atom is 0.263 e. The first-order chi connectivity index (χ1) is 12.4. The van der Waals surface area contributed by atoms with E-state index in [1.54, 1.807) is 37.3 Å². The Kier molecular flexibility index (Phi) is 5.03. The van der Waals surface area contributed by atoms with Crippen molar-refractivity contribution in [2.24, 2.45) is 4.99 Å². The first kappa shape index (κ1) is 18.1. The number of benzene rings is 2. The summed E-state index contributed by atoms with van der Waals surface area (Å²) in [6.45, 7) is 1.97. The van der Waals surface area contributed by atoms with Crippen molar-refractivity contribution in [3.63, 3.8) is 0 Å². The maximum atomic E-state index is 12.9. The van der Waals surface area contributed by atoms with Crippen LogP contribution in [0.4, 0.5) is 4.39 Å². The highest BCUT2D eigenvalue weighted by molar-refractivity contribution is 7.90. The van der Waals surface area contributed by atoms with Gasteiger partial charge in [-0.15, -0.1) is 0 Å². The topological polar surface area (TPSA) is 87.6 Å². The fourth-order valence-corrected chi connectivity index (χ4v) is 3.85. The molecule has 6 nitrogen and oxygen atoms in total. The van der Waals surface area contributed by atoms with Gasteiger partial charge in [0.15, 0.2) is 0 Å². The highest BCUT2D eigenvalue weighted by atomic mass is 32.2. The van der Waals surface area contributed by atoms with Crippen molar-refractivity contribution in [1.29, 1.82) is 0 Å². The summed E-state index contributed by atoms with van der Waals surface area (Å²) in [6, 6.07) is 11.8. The van der Waals surface area contributed by atoms with Gasteiger partial charge in [-0.3, -0.25) is 14.5 Å². The third-order valence-electron chi connectivity index (χ3n) is 3.99. The molecule has 0 aromatic heterocycles. The summed E-state index contributed by atoms with van der Waals surface area (Å²) in [7, 11) is -3.63. The van der Waals surface area contributed by atoms with Gasteiger partial charge in [-0.2, -0.15) is 0 Å². The van der Waals surface area contributed by atoms with Crippen LogP contribution in [-0.2, 0) is 21.2 Å². The molecule has 8 heteroatoms. The summed E-state index contributed by atoms with van der Waals surface area (Å²) >= 11 is 0. The Hall–Kier alpha value is -2.74. The van der Waals surface area contributed by atoms with Crippen LogP contribution in [-0.4, -0.2) is 32.7 Å². The van der Waals surface area contributed by atoms with Crippen LogP contribution in [0, 0.1) is 5.82 Å². The molecular formula is C18H18FN3O3S. The number of amides is 1. The second kappa shape index (κ2) is 7.25. The van der Waals surface area contributed by atoms with Gasteiger partial charge in [0.25, 0.3) is 10.0 Å². The number of nitrogens with zero attached hydrogens (tertiary/aromatic N) is 1. The van der Waals surface area contributed by atoms with E-state index in [1.165, 1.54) is 18.2 Å². The van der Waals surface area contributed by atoms with Crippen LogP contribution in [0.15, 0.2) is 58.4 Å². The molecule has 0 unspecified atom stereocenters. The van der Waals surface area contributed by atoms with Gasteiger partial charge in [-0.25, -0.2) is 12.8 Å². The maximum absolute atomic E-state index is 12.9. The monoisotopic (exact) mass is 375 g/mol. The fourth-order valence-electron chi connectivity index (χ4n) is 2.61. The van der Waals surface area contributed by atoms with E-state index in [1.807, 2.05) is 0 Å². The van der Waals surface area contributed by atoms with Crippen LogP contribution in [0.5, 0.6) is 0 Å². The molecule has 0 fully saturated rings. The fraction of sp³-hybridized carbons (Fsp3) is 0.222. The predicted molar refractivity (Wildman–Crippen MR) is 95.9 cm³/mol. The van der Waals surface area contributed by atoms with Crippen LogP contribution >= 0.6 is 0 Å². The van der Waals surface area contributed by atoms with Crippen LogP contribution in [0.1, 0.15) is 18.1 Å². The molecule has 0 radical (unpaired) electrons. The van der Waals surface area contributed by atoms with E-state index in [2.05, 4.69) is 15.0 Å². The number of aliphatic imine (C=N–C) groups is 1. The second-order valence-electron chi connectivity index (χ2n) is 5.92. The number of sulfonamides is 1. The van der Waals surface area contributed by atoms with Gasteiger partial charge in [0.1, 0.15) is 17.7 Å². The van der Waals surface area contributed by atoms with E-state index in [0.29, 0.717) is 18.5 Å². The van der Waals surface area contributed by atoms with Gasteiger partial charge in [-0.1, -0.05) is 24.3 Å². The normalized spacial score (nSPS) is 17.4. The molecule has 0 saturated heterocycles. The quantitative estimate of drug-likeness (QED) is 0.832. The predicted octanol–water partition coefficient (Wildman–Crippen LogP) is 1.61. The van der Waals surface area contributed by atoms with Crippen molar-refractivity contribution >= 4 is 21.8 Å². The molecule has 0 bridgehead atoms. The molecule has 1 atom stereocenters. The number of carbonyl (C=O) groups excluding carboxylic acids is 1. The highest BCUT2D eigenvalue weighted by Crippen LogP contribution is 2.22. The van der Waals surface area contributed by atoms with E-state index >= 15 is 0 Å². The Labute approximate surface area is 151 Å². The van der Waals surface area contributed by atoms with Gasteiger partial charge in [-0.05, 0) is 43.2 Å². The Morgan fingerprint density at radius 2 is 1.88 bits per heavy atom. The molecule has 0 saturated carbocycles. The SMILES string of the molecule is C[C@H](N=C1NS(=O)(=O)c2ccccc21)C(=O)NCCc1ccc(F)cc1. The minimum Gasteiger partial charge on any atom is -0.354 e. The number of halogens is 1. The number of rotatable bonds is 5. The lowest BCUT2D eigenvalue weighted by atomic mass is 10.1. The standard InChI is InChI=1S/C18H18FN3O3S/c1-12(18(23)20-11-10-13-6-8-14(19)9-7-13)21-17-15-4-2-3-5-16(15)26(24,25)22-17/h2-9,12H,10-11H2,1H3,(H,20,23)(H,21,22)/t12-/m0/s1. The lowest BCUT2D eigenvalue weighted by Crippen LogP contribution is -2.35. The number of nitrogens with one attached hydrogen (secondary N) is 2. The van der Waals surface area contributed by atoms with E-state index in [4.69, 9.17) is 0 Å². The zero-order chi connectivity index (χ0) is 18.7. The number of hydrogen-bond donors (Lipinski definition) is 2. The molecule has 0 aliphatic carbocycles. The zero-order valence-corrected chi connectivity index (χ0v) is 14.9. The Bertz CT molecular complexity index is 956.